The van der Waals surface area contributed by atoms with E-state index in [0.29, 0.717) is 11.8 Å². The number of likely N-dealkylation sites (N-methyl/N-ethyl adjacent to an activating group) is 1. The van der Waals surface area contributed by atoms with Gasteiger partial charge in [-0.2, -0.15) is 0 Å². The quantitative estimate of drug-likeness (QED) is 0.760. The lowest BCUT2D eigenvalue weighted by atomic mass is 10.1. The van der Waals surface area contributed by atoms with Crippen molar-refractivity contribution in [3.05, 3.63) is 15.6 Å². The van der Waals surface area contributed by atoms with Crippen molar-refractivity contribution in [2.75, 3.05) is 26.0 Å². The smallest absolute Gasteiger partial charge is 0.0975 e. The minimum atomic E-state index is 0.655. The average molecular weight is 245 g/mol. The zero-order chi connectivity index (χ0) is 10.8. The van der Waals surface area contributed by atoms with Crippen molar-refractivity contribution in [1.29, 1.82) is 0 Å². The molecule has 0 amide bonds. The summed E-state index contributed by atoms with van der Waals surface area (Å²) in [5.41, 5.74) is 1.19. The number of likely N-dealkylation sites (tertiary alicyclic amines) is 1. The van der Waals surface area contributed by atoms with Crippen molar-refractivity contribution in [3.8, 4) is 0 Å². The van der Waals surface area contributed by atoms with Crippen LogP contribution < -0.4 is 0 Å². The Bertz CT molecular complexity index is 337. The van der Waals surface area contributed by atoms with Gasteiger partial charge < -0.3 is 4.90 Å². The fourth-order valence-electron chi connectivity index (χ4n) is 2.08. The first-order valence-corrected chi connectivity index (χ1v) is 6.76. The van der Waals surface area contributed by atoms with Crippen molar-refractivity contribution >= 4 is 22.9 Å². The Morgan fingerprint density at radius 2 is 2.40 bits per heavy atom. The second kappa shape index (κ2) is 4.81. The Balaban J connectivity index is 2.12. The summed E-state index contributed by atoms with van der Waals surface area (Å²) in [6.45, 7) is 4.46. The van der Waals surface area contributed by atoms with E-state index < -0.39 is 0 Å². The van der Waals surface area contributed by atoms with Crippen LogP contribution in [-0.4, -0.2) is 35.9 Å². The third kappa shape index (κ3) is 2.52. The van der Waals surface area contributed by atoms with Crippen LogP contribution in [0.15, 0.2) is 0 Å². The molecular formula is C11H17ClN2S. The molecule has 2 rings (SSSR count). The average Bonchev–Trinajstić information content (AvgIpc) is 2.75. The summed E-state index contributed by atoms with van der Waals surface area (Å²) < 4.78 is 0. The molecule has 0 bridgehead atoms. The molecule has 0 radical (unpaired) electrons. The van der Waals surface area contributed by atoms with E-state index in [4.69, 9.17) is 11.6 Å². The topological polar surface area (TPSA) is 16.1 Å². The lowest BCUT2D eigenvalue weighted by Gasteiger charge is -2.06. The van der Waals surface area contributed by atoms with Crippen molar-refractivity contribution < 1.29 is 0 Å². The molecule has 0 saturated carbocycles. The van der Waals surface area contributed by atoms with Gasteiger partial charge in [0.25, 0.3) is 0 Å². The van der Waals surface area contributed by atoms with Gasteiger partial charge in [0.05, 0.1) is 10.7 Å². The van der Waals surface area contributed by atoms with Gasteiger partial charge in [-0.3, -0.25) is 0 Å². The number of alkyl halides is 1. The summed E-state index contributed by atoms with van der Waals surface area (Å²) >= 11 is 7.63. The molecule has 1 aromatic rings. The molecule has 1 atom stereocenters. The molecule has 0 N–H and O–H groups in total. The summed E-state index contributed by atoms with van der Waals surface area (Å²) in [5, 5.41) is 1.32. The second-order valence-electron chi connectivity index (χ2n) is 4.25. The van der Waals surface area contributed by atoms with Crippen molar-refractivity contribution in [2.45, 2.75) is 25.7 Å². The fraction of sp³-hybridized carbons (Fsp3) is 0.727. The zero-order valence-electron chi connectivity index (χ0n) is 9.29. The Morgan fingerprint density at radius 1 is 1.60 bits per heavy atom. The summed E-state index contributed by atoms with van der Waals surface area (Å²) in [5.74, 6) is 1.36. The summed E-state index contributed by atoms with van der Waals surface area (Å²) in [4.78, 5) is 8.43. The monoisotopic (exact) mass is 244 g/mol. The van der Waals surface area contributed by atoms with Crippen LogP contribution in [0, 0.1) is 6.92 Å². The van der Waals surface area contributed by atoms with E-state index in [-0.39, 0.29) is 0 Å². The van der Waals surface area contributed by atoms with Crippen LogP contribution in [0.25, 0.3) is 0 Å². The van der Waals surface area contributed by atoms with E-state index in [1.165, 1.54) is 28.5 Å². The van der Waals surface area contributed by atoms with E-state index in [2.05, 4.69) is 23.9 Å². The van der Waals surface area contributed by atoms with Gasteiger partial charge in [-0.15, -0.1) is 22.9 Å². The third-order valence-electron chi connectivity index (χ3n) is 2.97. The number of rotatable bonds is 3. The molecule has 2 nitrogen and oxygen atoms in total. The maximum absolute atomic E-state index is 5.77. The number of aromatic nitrogens is 1. The molecule has 1 saturated heterocycles. The molecule has 1 aliphatic rings. The Morgan fingerprint density at radius 3 is 3.00 bits per heavy atom. The molecule has 0 aromatic carbocycles. The molecule has 15 heavy (non-hydrogen) atoms. The maximum Gasteiger partial charge on any atom is 0.0975 e. The van der Waals surface area contributed by atoms with E-state index in [1.807, 2.05) is 11.3 Å². The van der Waals surface area contributed by atoms with Crippen LogP contribution in [0.4, 0.5) is 0 Å². The van der Waals surface area contributed by atoms with E-state index in [0.717, 1.165) is 13.0 Å². The van der Waals surface area contributed by atoms with Crippen LogP contribution >= 0.6 is 22.9 Å². The first-order valence-electron chi connectivity index (χ1n) is 5.41. The van der Waals surface area contributed by atoms with E-state index in [9.17, 15) is 0 Å². The molecule has 0 spiro atoms. The van der Waals surface area contributed by atoms with Gasteiger partial charge in [-0.1, -0.05) is 0 Å². The number of hydrogen-bond donors (Lipinski definition) is 0. The van der Waals surface area contributed by atoms with Crippen molar-refractivity contribution in [2.24, 2.45) is 0 Å². The van der Waals surface area contributed by atoms with Gasteiger partial charge in [-0.25, -0.2) is 4.98 Å². The van der Waals surface area contributed by atoms with Crippen LogP contribution in [0.2, 0.25) is 0 Å². The van der Waals surface area contributed by atoms with Gasteiger partial charge in [0.1, 0.15) is 0 Å². The summed E-state index contributed by atoms with van der Waals surface area (Å²) in [6, 6.07) is 0. The first-order chi connectivity index (χ1) is 7.20. The van der Waals surface area contributed by atoms with Gasteiger partial charge in [0.15, 0.2) is 0 Å². The second-order valence-corrected chi connectivity index (χ2v) is 5.74. The molecule has 0 aliphatic carbocycles. The fourth-order valence-corrected chi connectivity index (χ4v) is 3.57. The van der Waals surface area contributed by atoms with Crippen LogP contribution in [-0.2, 0) is 6.42 Å². The number of halogens is 1. The molecule has 84 valence electrons. The van der Waals surface area contributed by atoms with E-state index >= 15 is 0 Å². The molecular weight excluding hydrogens is 228 g/mol. The molecule has 1 aliphatic heterocycles. The lowest BCUT2D eigenvalue weighted by Crippen LogP contribution is -2.13. The van der Waals surface area contributed by atoms with Gasteiger partial charge in [0, 0.05) is 23.2 Å². The molecule has 2 heterocycles. The summed E-state index contributed by atoms with van der Waals surface area (Å²) in [6.07, 6.45) is 2.22. The minimum absolute atomic E-state index is 0.655. The highest BCUT2D eigenvalue weighted by Gasteiger charge is 2.24. The first kappa shape index (κ1) is 11.4. The number of hydrogen-bond acceptors (Lipinski definition) is 3. The maximum atomic E-state index is 5.77. The highest BCUT2D eigenvalue weighted by molar-refractivity contribution is 7.11. The van der Waals surface area contributed by atoms with Gasteiger partial charge in [0.2, 0.25) is 0 Å². The van der Waals surface area contributed by atoms with E-state index in [1.54, 1.807) is 0 Å². The highest BCUT2D eigenvalue weighted by atomic mass is 35.5. The number of thiazole rings is 1. The highest BCUT2D eigenvalue weighted by Crippen LogP contribution is 2.31. The van der Waals surface area contributed by atoms with Gasteiger partial charge >= 0.3 is 0 Å². The standard InChI is InChI=1S/C11H17ClN2S/c1-8-10(3-5-12)15-11(13-8)9-4-6-14(2)7-9/h9H,3-7H2,1-2H3. The lowest BCUT2D eigenvalue weighted by molar-refractivity contribution is 0.411. The van der Waals surface area contributed by atoms with Crippen LogP contribution in [0.1, 0.15) is 27.9 Å². The number of nitrogens with zero attached hydrogens (tertiary/aromatic N) is 2. The van der Waals surface area contributed by atoms with Crippen LogP contribution in [0.3, 0.4) is 0 Å². The Kier molecular flexibility index (Phi) is 3.65. The largest absolute Gasteiger partial charge is 0.306 e. The Hall–Kier alpha value is -0.120. The normalized spacial score (nSPS) is 22.5. The zero-order valence-corrected chi connectivity index (χ0v) is 10.9. The molecule has 4 heteroatoms. The third-order valence-corrected chi connectivity index (χ3v) is 4.54. The summed E-state index contributed by atoms with van der Waals surface area (Å²) in [7, 11) is 2.18. The molecule has 1 unspecified atom stereocenters. The SMILES string of the molecule is Cc1nc(C2CCN(C)C2)sc1CCCl. The predicted octanol–water partition coefficient (Wildman–Crippen LogP) is 2.65. The predicted molar refractivity (Wildman–Crippen MR) is 66.1 cm³/mol. The van der Waals surface area contributed by atoms with Crippen LogP contribution in [0.5, 0.6) is 0 Å². The minimum Gasteiger partial charge on any atom is -0.306 e. The van der Waals surface area contributed by atoms with Gasteiger partial charge in [-0.05, 0) is 33.4 Å². The molecule has 1 aromatic heterocycles. The number of aryl methyl sites for hydroxylation is 2. The van der Waals surface area contributed by atoms with Crippen molar-refractivity contribution in [3.63, 3.8) is 0 Å². The molecule has 1 fully saturated rings. The Labute approximate surface area is 100 Å². The van der Waals surface area contributed by atoms with Crippen molar-refractivity contribution in [1.82, 2.24) is 9.88 Å².